The Morgan fingerprint density at radius 2 is 2.17 bits per heavy atom. The maximum absolute atomic E-state index is 14.0. The fourth-order valence-electron chi connectivity index (χ4n) is 2.76. The molecule has 0 amide bonds. The third-order valence-electron chi connectivity index (χ3n) is 3.63. The van der Waals surface area contributed by atoms with E-state index in [0.717, 1.165) is 17.5 Å². The molecule has 1 aromatic carbocycles. The average molecular weight is 250 g/mol. The number of hydrogen-bond donors (Lipinski definition) is 0. The Morgan fingerprint density at radius 3 is 2.78 bits per heavy atom. The van der Waals surface area contributed by atoms with Crippen LogP contribution in [0.4, 0.5) is 4.39 Å². The van der Waals surface area contributed by atoms with E-state index in [4.69, 9.17) is 4.74 Å². The molecule has 0 spiro atoms. The molecule has 1 aliphatic rings. The van der Waals surface area contributed by atoms with Crippen LogP contribution < -0.4 is 0 Å². The molecule has 1 fully saturated rings. The first-order chi connectivity index (χ1) is 8.54. The zero-order valence-corrected chi connectivity index (χ0v) is 11.1. The maximum atomic E-state index is 14.0. The molecule has 0 aliphatic carbocycles. The van der Waals surface area contributed by atoms with Gasteiger partial charge in [-0.3, -0.25) is 4.79 Å². The van der Waals surface area contributed by atoms with Gasteiger partial charge in [-0.05, 0) is 43.9 Å². The summed E-state index contributed by atoms with van der Waals surface area (Å²) in [7, 11) is 0. The van der Waals surface area contributed by atoms with Gasteiger partial charge in [0.2, 0.25) is 0 Å². The van der Waals surface area contributed by atoms with Crippen molar-refractivity contribution in [3.63, 3.8) is 0 Å². The van der Waals surface area contributed by atoms with Gasteiger partial charge in [-0.1, -0.05) is 13.0 Å². The standard InChI is InChI=1S/C15H19FO2/c1-4-13-11(5-6-18-13)15(17)14-10(3)7-9(2)8-12(14)16/h7-8,11,13H,4-6H2,1-3H3. The van der Waals surface area contributed by atoms with Crippen molar-refractivity contribution in [2.75, 3.05) is 6.61 Å². The molecule has 1 saturated heterocycles. The van der Waals surface area contributed by atoms with E-state index in [9.17, 15) is 9.18 Å². The predicted molar refractivity (Wildman–Crippen MR) is 68.3 cm³/mol. The lowest BCUT2D eigenvalue weighted by Gasteiger charge is -2.17. The summed E-state index contributed by atoms with van der Waals surface area (Å²) < 4.78 is 19.5. The molecule has 1 aliphatic heterocycles. The Balaban J connectivity index is 2.34. The van der Waals surface area contributed by atoms with Crippen LogP contribution in [0.1, 0.15) is 41.3 Å². The number of benzene rings is 1. The number of carbonyl (C=O) groups excluding carboxylic acids is 1. The van der Waals surface area contributed by atoms with Crippen molar-refractivity contribution < 1.29 is 13.9 Å². The minimum absolute atomic E-state index is 0.0578. The van der Waals surface area contributed by atoms with Gasteiger partial charge < -0.3 is 4.74 Å². The summed E-state index contributed by atoms with van der Waals surface area (Å²) in [6, 6.07) is 3.28. The molecule has 2 rings (SSSR count). The second kappa shape index (κ2) is 5.19. The van der Waals surface area contributed by atoms with E-state index >= 15 is 0 Å². The Hall–Kier alpha value is -1.22. The summed E-state index contributed by atoms with van der Waals surface area (Å²) in [5, 5.41) is 0. The number of hydrogen-bond acceptors (Lipinski definition) is 2. The van der Waals surface area contributed by atoms with Crippen LogP contribution in [0.25, 0.3) is 0 Å². The van der Waals surface area contributed by atoms with Gasteiger partial charge in [0.25, 0.3) is 0 Å². The quantitative estimate of drug-likeness (QED) is 0.768. The molecular formula is C15H19FO2. The molecule has 2 atom stereocenters. The summed E-state index contributed by atoms with van der Waals surface area (Å²) in [6.45, 7) is 6.22. The molecule has 0 saturated carbocycles. The summed E-state index contributed by atoms with van der Waals surface area (Å²) in [6.07, 6.45) is 1.44. The molecule has 2 nitrogen and oxygen atoms in total. The van der Waals surface area contributed by atoms with Crippen molar-refractivity contribution in [1.82, 2.24) is 0 Å². The molecule has 2 unspecified atom stereocenters. The Labute approximate surface area is 107 Å². The highest BCUT2D eigenvalue weighted by Crippen LogP contribution is 2.29. The summed E-state index contributed by atoms with van der Waals surface area (Å²) in [4.78, 5) is 12.4. The van der Waals surface area contributed by atoms with Crippen LogP contribution in [0.3, 0.4) is 0 Å². The first-order valence-electron chi connectivity index (χ1n) is 6.47. The van der Waals surface area contributed by atoms with Gasteiger partial charge in [0.05, 0.1) is 17.6 Å². The van der Waals surface area contributed by atoms with Crippen LogP contribution >= 0.6 is 0 Å². The van der Waals surface area contributed by atoms with Gasteiger partial charge >= 0.3 is 0 Å². The van der Waals surface area contributed by atoms with Crippen LogP contribution in [0.2, 0.25) is 0 Å². The topological polar surface area (TPSA) is 26.3 Å². The van der Waals surface area contributed by atoms with E-state index in [1.165, 1.54) is 6.07 Å². The third-order valence-corrected chi connectivity index (χ3v) is 3.63. The van der Waals surface area contributed by atoms with Crippen LogP contribution in [-0.2, 0) is 4.74 Å². The summed E-state index contributed by atoms with van der Waals surface area (Å²) in [5.74, 6) is -0.695. The smallest absolute Gasteiger partial charge is 0.171 e. The molecule has 18 heavy (non-hydrogen) atoms. The van der Waals surface area contributed by atoms with Gasteiger partial charge in [0, 0.05) is 6.61 Å². The highest BCUT2D eigenvalue weighted by Gasteiger charge is 2.35. The van der Waals surface area contributed by atoms with Crippen LogP contribution in [-0.4, -0.2) is 18.5 Å². The van der Waals surface area contributed by atoms with Crippen molar-refractivity contribution >= 4 is 5.78 Å². The van der Waals surface area contributed by atoms with Crippen molar-refractivity contribution in [3.8, 4) is 0 Å². The minimum Gasteiger partial charge on any atom is -0.377 e. The second-order valence-corrected chi connectivity index (χ2v) is 5.02. The zero-order valence-electron chi connectivity index (χ0n) is 11.1. The van der Waals surface area contributed by atoms with E-state index in [1.54, 1.807) is 6.92 Å². The van der Waals surface area contributed by atoms with Crippen molar-refractivity contribution in [3.05, 3.63) is 34.6 Å². The van der Waals surface area contributed by atoms with Crippen molar-refractivity contribution in [2.45, 2.75) is 39.7 Å². The van der Waals surface area contributed by atoms with Crippen LogP contribution in [0.15, 0.2) is 12.1 Å². The van der Waals surface area contributed by atoms with E-state index in [-0.39, 0.29) is 23.4 Å². The largest absolute Gasteiger partial charge is 0.377 e. The molecule has 1 aromatic rings. The number of rotatable bonds is 3. The average Bonchev–Trinajstić information content (AvgIpc) is 2.75. The first kappa shape index (κ1) is 13.2. The van der Waals surface area contributed by atoms with E-state index < -0.39 is 5.82 Å². The van der Waals surface area contributed by atoms with E-state index in [2.05, 4.69) is 0 Å². The normalized spacial score (nSPS) is 23.3. The molecule has 0 radical (unpaired) electrons. The number of aryl methyl sites for hydroxylation is 2. The van der Waals surface area contributed by atoms with Gasteiger partial charge in [0.1, 0.15) is 5.82 Å². The van der Waals surface area contributed by atoms with Crippen LogP contribution in [0.5, 0.6) is 0 Å². The monoisotopic (exact) mass is 250 g/mol. The molecule has 0 N–H and O–H groups in total. The number of halogens is 1. The first-order valence-corrected chi connectivity index (χ1v) is 6.47. The third kappa shape index (κ3) is 2.32. The number of ether oxygens (including phenoxy) is 1. The maximum Gasteiger partial charge on any atom is 0.171 e. The number of carbonyl (C=O) groups is 1. The summed E-state index contributed by atoms with van der Waals surface area (Å²) in [5.41, 5.74) is 1.81. The fraction of sp³-hybridized carbons (Fsp3) is 0.533. The molecular weight excluding hydrogens is 231 g/mol. The van der Waals surface area contributed by atoms with E-state index in [1.807, 2.05) is 19.9 Å². The minimum atomic E-state index is -0.403. The lowest BCUT2D eigenvalue weighted by Crippen LogP contribution is -2.25. The predicted octanol–water partition coefficient (Wildman–Crippen LogP) is 3.44. The highest BCUT2D eigenvalue weighted by atomic mass is 19.1. The highest BCUT2D eigenvalue weighted by molar-refractivity contribution is 6.00. The lowest BCUT2D eigenvalue weighted by atomic mass is 9.88. The number of Topliss-reactive ketones (excluding diaryl/α,β-unsaturated/α-hetero) is 1. The zero-order chi connectivity index (χ0) is 13.3. The van der Waals surface area contributed by atoms with Gasteiger partial charge in [-0.2, -0.15) is 0 Å². The lowest BCUT2D eigenvalue weighted by molar-refractivity contribution is 0.0685. The molecule has 3 heteroatoms. The Morgan fingerprint density at radius 1 is 1.44 bits per heavy atom. The van der Waals surface area contributed by atoms with Gasteiger partial charge in [0.15, 0.2) is 5.78 Å². The SMILES string of the molecule is CCC1OCCC1C(=O)c1c(C)cc(C)cc1F. The Kier molecular flexibility index (Phi) is 3.81. The summed E-state index contributed by atoms with van der Waals surface area (Å²) >= 11 is 0. The van der Waals surface area contributed by atoms with Gasteiger partial charge in [-0.15, -0.1) is 0 Å². The number of ketones is 1. The molecule has 1 heterocycles. The molecule has 0 bridgehead atoms. The molecule has 98 valence electrons. The van der Waals surface area contributed by atoms with Crippen molar-refractivity contribution in [2.24, 2.45) is 5.92 Å². The van der Waals surface area contributed by atoms with E-state index in [0.29, 0.717) is 13.0 Å². The fourth-order valence-corrected chi connectivity index (χ4v) is 2.76. The molecule has 0 aromatic heterocycles. The van der Waals surface area contributed by atoms with Gasteiger partial charge in [-0.25, -0.2) is 4.39 Å². The Bertz CT molecular complexity index is 445. The second-order valence-electron chi connectivity index (χ2n) is 5.02. The van der Waals surface area contributed by atoms with Crippen molar-refractivity contribution in [1.29, 1.82) is 0 Å². The van der Waals surface area contributed by atoms with Crippen LogP contribution in [0, 0.1) is 25.6 Å².